The van der Waals surface area contributed by atoms with Gasteiger partial charge in [-0.25, -0.2) is 0 Å². The third-order valence-electron chi connectivity index (χ3n) is 4.82. The summed E-state index contributed by atoms with van der Waals surface area (Å²) in [5.41, 5.74) is 1.24. The van der Waals surface area contributed by atoms with Crippen molar-refractivity contribution in [2.75, 3.05) is 13.1 Å². The fraction of sp³-hybridized carbons (Fsp3) is 0.588. The smallest absolute Gasteiger partial charge is 0.225 e. The van der Waals surface area contributed by atoms with E-state index in [-0.39, 0.29) is 29.9 Å². The number of hydrogen-bond acceptors (Lipinski definition) is 3. The van der Waals surface area contributed by atoms with Crippen molar-refractivity contribution >= 4 is 5.91 Å². The van der Waals surface area contributed by atoms with Crippen LogP contribution in [0.25, 0.3) is 0 Å². The Balaban J connectivity index is 1.61. The second-order valence-corrected chi connectivity index (χ2v) is 6.30. The molecule has 4 heteroatoms. The van der Waals surface area contributed by atoms with Crippen LogP contribution in [-0.2, 0) is 4.79 Å². The molecular formula is C17H24N2O2. The first-order chi connectivity index (χ1) is 10.2. The normalized spacial score (nSPS) is 32.8. The molecule has 3 N–H and O–H groups in total. The van der Waals surface area contributed by atoms with Gasteiger partial charge in [-0.05, 0) is 31.2 Å². The molecule has 1 heterocycles. The van der Waals surface area contributed by atoms with Crippen molar-refractivity contribution in [3.63, 3.8) is 0 Å². The van der Waals surface area contributed by atoms with E-state index in [1.807, 2.05) is 18.2 Å². The van der Waals surface area contributed by atoms with Crippen LogP contribution in [0.4, 0.5) is 0 Å². The van der Waals surface area contributed by atoms with E-state index >= 15 is 0 Å². The first-order valence-electron chi connectivity index (χ1n) is 7.98. The Hall–Kier alpha value is -1.39. The van der Waals surface area contributed by atoms with Gasteiger partial charge in [0.05, 0.1) is 12.0 Å². The Labute approximate surface area is 125 Å². The molecule has 4 nitrogen and oxygen atoms in total. The number of hydrogen-bond donors (Lipinski definition) is 3. The van der Waals surface area contributed by atoms with Gasteiger partial charge in [-0.2, -0.15) is 0 Å². The van der Waals surface area contributed by atoms with E-state index in [0.29, 0.717) is 0 Å². The molecular weight excluding hydrogens is 264 g/mol. The van der Waals surface area contributed by atoms with Gasteiger partial charge >= 0.3 is 0 Å². The maximum Gasteiger partial charge on any atom is 0.225 e. The summed E-state index contributed by atoms with van der Waals surface area (Å²) in [7, 11) is 0. The lowest BCUT2D eigenvalue weighted by atomic mass is 9.87. The SMILES string of the molecule is O=C(NC1CCC(O)CC1)[C@H]1CNCC1c1ccccc1. The van der Waals surface area contributed by atoms with Crippen molar-refractivity contribution in [2.45, 2.75) is 43.7 Å². The molecule has 1 unspecified atom stereocenters. The molecule has 0 aromatic heterocycles. The first-order valence-corrected chi connectivity index (χ1v) is 7.98. The molecule has 0 spiro atoms. The highest BCUT2D eigenvalue weighted by Crippen LogP contribution is 2.29. The first kappa shape index (κ1) is 14.5. The van der Waals surface area contributed by atoms with Crippen LogP contribution in [-0.4, -0.2) is 36.2 Å². The standard InChI is InChI=1S/C17H24N2O2/c20-14-8-6-13(7-9-14)19-17(21)16-11-18-10-15(16)12-4-2-1-3-5-12/h1-5,13-16,18,20H,6-11H2,(H,19,21)/t13?,14?,15?,16-/m0/s1. The number of benzene rings is 1. The molecule has 2 aliphatic rings. The molecule has 1 aliphatic heterocycles. The lowest BCUT2D eigenvalue weighted by Crippen LogP contribution is -2.43. The van der Waals surface area contributed by atoms with E-state index in [2.05, 4.69) is 22.8 Å². The van der Waals surface area contributed by atoms with Crippen LogP contribution in [0.15, 0.2) is 30.3 Å². The molecule has 1 saturated carbocycles. The van der Waals surface area contributed by atoms with Crippen LogP contribution < -0.4 is 10.6 Å². The highest BCUT2D eigenvalue weighted by Gasteiger charge is 2.35. The predicted molar refractivity (Wildman–Crippen MR) is 81.9 cm³/mol. The zero-order valence-corrected chi connectivity index (χ0v) is 12.3. The molecule has 1 aliphatic carbocycles. The Morgan fingerprint density at radius 2 is 1.81 bits per heavy atom. The van der Waals surface area contributed by atoms with Gasteiger partial charge in [-0.15, -0.1) is 0 Å². The van der Waals surface area contributed by atoms with Crippen molar-refractivity contribution < 1.29 is 9.90 Å². The molecule has 1 aromatic rings. The van der Waals surface area contributed by atoms with Crippen LogP contribution in [0.2, 0.25) is 0 Å². The third-order valence-corrected chi connectivity index (χ3v) is 4.82. The van der Waals surface area contributed by atoms with Crippen molar-refractivity contribution in [2.24, 2.45) is 5.92 Å². The fourth-order valence-electron chi connectivity index (χ4n) is 3.53. The second-order valence-electron chi connectivity index (χ2n) is 6.30. The summed E-state index contributed by atoms with van der Waals surface area (Å²) in [5, 5.41) is 16.1. The monoisotopic (exact) mass is 288 g/mol. The van der Waals surface area contributed by atoms with Crippen molar-refractivity contribution in [3.8, 4) is 0 Å². The van der Waals surface area contributed by atoms with Crippen LogP contribution in [0, 0.1) is 5.92 Å². The van der Waals surface area contributed by atoms with Gasteiger partial charge in [-0.3, -0.25) is 4.79 Å². The minimum atomic E-state index is -0.177. The predicted octanol–water partition coefficient (Wildman–Crippen LogP) is 1.41. The topological polar surface area (TPSA) is 61.4 Å². The van der Waals surface area contributed by atoms with Gasteiger partial charge in [0.2, 0.25) is 5.91 Å². The number of carbonyl (C=O) groups is 1. The molecule has 3 rings (SSSR count). The zero-order chi connectivity index (χ0) is 14.7. The van der Waals surface area contributed by atoms with Gasteiger partial charge in [-0.1, -0.05) is 30.3 Å². The molecule has 2 fully saturated rings. The van der Waals surface area contributed by atoms with E-state index in [0.717, 1.165) is 38.8 Å². The average Bonchev–Trinajstić information content (AvgIpc) is 3.00. The molecule has 1 saturated heterocycles. The molecule has 21 heavy (non-hydrogen) atoms. The van der Waals surface area contributed by atoms with Crippen molar-refractivity contribution in [1.82, 2.24) is 10.6 Å². The molecule has 1 amide bonds. The highest BCUT2D eigenvalue weighted by atomic mass is 16.3. The van der Waals surface area contributed by atoms with E-state index < -0.39 is 0 Å². The number of rotatable bonds is 3. The van der Waals surface area contributed by atoms with Gasteiger partial charge < -0.3 is 15.7 Å². The van der Waals surface area contributed by atoms with Crippen molar-refractivity contribution in [3.05, 3.63) is 35.9 Å². The third kappa shape index (κ3) is 3.44. The van der Waals surface area contributed by atoms with Crippen LogP contribution >= 0.6 is 0 Å². The summed E-state index contributed by atoms with van der Waals surface area (Å²) in [6.45, 7) is 1.62. The zero-order valence-electron chi connectivity index (χ0n) is 12.3. The number of amides is 1. The molecule has 1 aromatic carbocycles. The van der Waals surface area contributed by atoms with E-state index in [4.69, 9.17) is 0 Å². The summed E-state index contributed by atoms with van der Waals surface area (Å²) in [4.78, 5) is 12.6. The maximum absolute atomic E-state index is 12.6. The maximum atomic E-state index is 12.6. The quantitative estimate of drug-likeness (QED) is 0.788. The summed E-state index contributed by atoms with van der Waals surface area (Å²) < 4.78 is 0. The van der Waals surface area contributed by atoms with Gasteiger partial charge in [0.15, 0.2) is 0 Å². The summed E-state index contributed by atoms with van der Waals surface area (Å²) >= 11 is 0. The lowest BCUT2D eigenvalue weighted by Gasteiger charge is -2.28. The van der Waals surface area contributed by atoms with E-state index in [1.165, 1.54) is 5.56 Å². The number of aliphatic hydroxyl groups is 1. The summed E-state index contributed by atoms with van der Waals surface area (Å²) in [6.07, 6.45) is 3.21. The Kier molecular flexibility index (Phi) is 4.56. The van der Waals surface area contributed by atoms with Crippen LogP contribution in [0.3, 0.4) is 0 Å². The van der Waals surface area contributed by atoms with Gasteiger partial charge in [0.25, 0.3) is 0 Å². The Morgan fingerprint density at radius 3 is 2.52 bits per heavy atom. The molecule has 114 valence electrons. The van der Waals surface area contributed by atoms with E-state index in [1.54, 1.807) is 0 Å². The fourth-order valence-corrected chi connectivity index (χ4v) is 3.53. The lowest BCUT2D eigenvalue weighted by molar-refractivity contribution is -0.125. The average molecular weight is 288 g/mol. The van der Waals surface area contributed by atoms with Gasteiger partial charge in [0, 0.05) is 25.0 Å². The van der Waals surface area contributed by atoms with Gasteiger partial charge in [0.1, 0.15) is 0 Å². The minimum absolute atomic E-state index is 0.0132. The van der Waals surface area contributed by atoms with Crippen molar-refractivity contribution in [1.29, 1.82) is 0 Å². The summed E-state index contributed by atoms with van der Waals surface area (Å²) in [6, 6.07) is 10.5. The number of nitrogens with one attached hydrogen (secondary N) is 2. The molecule has 2 atom stereocenters. The molecule has 0 radical (unpaired) electrons. The molecule has 0 bridgehead atoms. The van der Waals surface area contributed by atoms with E-state index in [9.17, 15) is 9.90 Å². The minimum Gasteiger partial charge on any atom is -0.393 e. The van der Waals surface area contributed by atoms with Crippen LogP contribution in [0.5, 0.6) is 0 Å². The Bertz CT molecular complexity index is 469. The van der Waals surface area contributed by atoms with Crippen LogP contribution in [0.1, 0.15) is 37.2 Å². The number of aliphatic hydroxyl groups excluding tert-OH is 1. The summed E-state index contributed by atoms with van der Waals surface area (Å²) in [5.74, 6) is 0.440. The highest BCUT2D eigenvalue weighted by molar-refractivity contribution is 5.80. The number of carbonyl (C=O) groups excluding carboxylic acids is 1. The Morgan fingerprint density at radius 1 is 1.10 bits per heavy atom. The largest absolute Gasteiger partial charge is 0.393 e. The second kappa shape index (κ2) is 6.58.